The van der Waals surface area contributed by atoms with Crippen molar-refractivity contribution in [2.45, 2.75) is 311 Å². The molecule has 0 spiro atoms. The molecule has 2 aromatic heterocycles. The molecule has 0 bridgehead atoms. The maximum atomic E-state index is 2.81. The first-order valence-corrected chi connectivity index (χ1v) is 53.2. The third kappa shape index (κ3) is 15.4. The van der Waals surface area contributed by atoms with Crippen LogP contribution < -0.4 is 45.1 Å². The summed E-state index contributed by atoms with van der Waals surface area (Å²) in [7, 11) is 0. The number of nitrogens with zero attached hydrogens (tertiary/aromatic N) is 6. The first-order chi connectivity index (χ1) is 60.7. The van der Waals surface area contributed by atoms with Gasteiger partial charge < -0.3 is 29.4 Å². The maximum Gasteiger partial charge on any atom is 0.355 e. The van der Waals surface area contributed by atoms with Gasteiger partial charge >= 0.3 is 0.282 Å². The van der Waals surface area contributed by atoms with E-state index in [1.165, 1.54) is 248 Å². The molecule has 4 aliphatic carbocycles. The van der Waals surface area contributed by atoms with Crippen molar-refractivity contribution in [2.75, 3.05) is 29.4 Å². The summed E-state index contributed by atoms with van der Waals surface area (Å²) in [6, 6.07) is 76.3. The summed E-state index contributed by atoms with van der Waals surface area (Å²) >= 11 is 11.0. The Labute approximate surface area is 823 Å². The molecule has 0 saturated heterocycles. The number of anilines is 16. The third-order valence-corrected chi connectivity index (χ3v) is 34.7. The Morgan fingerprint density at radius 1 is 0.380 bits per heavy atom. The highest BCUT2D eigenvalue weighted by molar-refractivity contribution is 14.4. The van der Waals surface area contributed by atoms with Crippen molar-refractivity contribution < 1.29 is 0 Å². The van der Waals surface area contributed by atoms with Crippen molar-refractivity contribution in [3.05, 3.63) is 287 Å². The summed E-state index contributed by atoms with van der Waals surface area (Å²) in [6.45, 7) is 62.5. The van der Waals surface area contributed by atoms with Gasteiger partial charge in [-0.1, -0.05) is 245 Å². The molecule has 20 rings (SSSR count). The van der Waals surface area contributed by atoms with Crippen LogP contribution >= 0.6 is 89.8 Å². The highest BCUT2D eigenvalue weighted by Crippen LogP contribution is 2.66. The third-order valence-electron chi connectivity index (χ3n) is 31.8. The van der Waals surface area contributed by atoms with Gasteiger partial charge in [-0.2, -0.15) is 11.3 Å². The molecule has 0 radical (unpaired) electrons. The molecule has 0 amide bonds. The fourth-order valence-electron chi connectivity index (χ4n) is 26.3. The Kier molecular flexibility index (Phi) is 23.6. The van der Waals surface area contributed by atoms with Gasteiger partial charge in [0.1, 0.15) is 0 Å². The van der Waals surface area contributed by atoms with Crippen LogP contribution in [0, 0.1) is 55.4 Å². The van der Waals surface area contributed by atoms with E-state index in [1.54, 1.807) is 10.4 Å². The van der Waals surface area contributed by atoms with Crippen LogP contribution in [0.25, 0.3) is 0 Å². The van der Waals surface area contributed by atoms with Crippen molar-refractivity contribution in [3.8, 4) is 0 Å². The molecule has 0 N–H and O–H groups in total. The molecule has 4 unspecified atom stereocenters. The van der Waals surface area contributed by atoms with Crippen LogP contribution in [0.1, 0.15) is 289 Å². The van der Waals surface area contributed by atoms with E-state index in [9.17, 15) is 0 Å². The van der Waals surface area contributed by atoms with Gasteiger partial charge in [-0.05, 0) is 316 Å². The number of rotatable bonds is 10. The number of benzene rings is 10. The van der Waals surface area contributed by atoms with Crippen molar-refractivity contribution in [1.29, 1.82) is 0 Å². The molecule has 4 atom stereocenters. The molecule has 129 heavy (non-hydrogen) atoms. The van der Waals surface area contributed by atoms with E-state index in [0.717, 1.165) is 13.1 Å². The lowest BCUT2D eigenvalue weighted by molar-refractivity contribution is 0.261. The maximum absolute atomic E-state index is 2.81. The van der Waals surface area contributed by atoms with Gasteiger partial charge in [0.25, 0.3) is 6.71 Å². The average Bonchev–Trinajstić information content (AvgIpc) is 1.54. The van der Waals surface area contributed by atoms with E-state index >= 15 is 0 Å². The summed E-state index contributed by atoms with van der Waals surface area (Å²) in [5.41, 5.74) is 43.1. The van der Waals surface area contributed by atoms with E-state index < -0.39 is 0 Å². The van der Waals surface area contributed by atoms with Crippen molar-refractivity contribution in [3.63, 3.8) is 0 Å². The Morgan fingerprint density at radius 2 is 0.829 bits per heavy atom. The second kappa shape index (κ2) is 33.1. The van der Waals surface area contributed by atoms with Crippen molar-refractivity contribution in [2.24, 2.45) is 0 Å². The van der Waals surface area contributed by atoms with Crippen LogP contribution in [0.4, 0.5) is 91.0 Å². The highest BCUT2D eigenvalue weighted by atomic mass is 127. The zero-order valence-corrected chi connectivity index (χ0v) is 89.9. The first kappa shape index (κ1) is 92.2. The van der Waals surface area contributed by atoms with E-state index in [1.807, 2.05) is 11.3 Å². The lowest BCUT2D eigenvalue weighted by Gasteiger charge is -2.46. The van der Waals surface area contributed by atoms with Crippen LogP contribution in [0.3, 0.4) is 0 Å². The quantitative estimate of drug-likeness (QED) is 0.0997. The lowest BCUT2D eigenvalue weighted by atomic mass is 9.36. The molecule has 8 aliphatic rings. The molecule has 2 saturated carbocycles. The van der Waals surface area contributed by atoms with Gasteiger partial charge in [0.2, 0.25) is 0 Å². The molecule has 13 heteroatoms. The number of halogens is 3. The minimum absolute atomic E-state index is 0.0125. The zero-order valence-electron chi connectivity index (χ0n) is 81.8. The number of hydrogen-bond donors (Lipinski definition) is 0. The van der Waals surface area contributed by atoms with Gasteiger partial charge in [0.15, 0.2) is 0 Å². The second-order valence-corrected chi connectivity index (χ2v) is 58.2. The topological polar surface area (TPSA) is 19.4 Å². The summed E-state index contributed by atoms with van der Waals surface area (Å²) in [6.07, 6.45) is 14.7. The molecule has 10 aromatic carbocycles. The number of aryl methyl sites for hydroxylation is 8. The molecule has 668 valence electrons. The van der Waals surface area contributed by atoms with Gasteiger partial charge in [0.05, 0.1) is 33.8 Å². The summed E-state index contributed by atoms with van der Waals surface area (Å²) < 4.78 is 2.25. The fraction of sp³-hybridized carbons (Fsp3) is 0.414. The fourth-order valence-corrected chi connectivity index (χ4v) is 29.3. The summed E-state index contributed by atoms with van der Waals surface area (Å²) in [5.74, 6) is 0. The van der Waals surface area contributed by atoms with Gasteiger partial charge in [-0.15, -0.1) is 78.5 Å². The van der Waals surface area contributed by atoms with Crippen molar-refractivity contribution >= 4 is 203 Å². The van der Waals surface area contributed by atoms with Gasteiger partial charge in [-0.25, -0.2) is 0 Å². The molecule has 2 fully saturated rings. The van der Waals surface area contributed by atoms with E-state index in [2.05, 4.69) is 487 Å². The SMILES string of the molecule is Cc1cc(C)c(N2c3cc4c(cc3B3c5sc6c(c5N(c5ccc(C(C)(C)C)cc5)c5cc(C)cc2c53)C(C)(C)CC6(C)C)N(c2ccccc2)C2(C)CCCCCC42C)c(C)c1.Cc1cc(N(c2ccc(C(C)(C)C)cc2)c2csc3c2C(C)(C)CC3(C)C)cc(N(c2ccc3c(c2)C2(C)CCCCCC2(C)N3c2ccccc2)c2c(C)cc(C)cc2C)c1.IB(I)I. The first-order valence-electron chi connectivity index (χ1n) is 47.8. The zero-order chi connectivity index (χ0) is 92.1. The summed E-state index contributed by atoms with van der Waals surface area (Å²) in [5, 5.41) is 2.45. The van der Waals surface area contributed by atoms with Gasteiger partial charge in [0, 0.05) is 110 Å². The Bertz CT molecular complexity index is 6340. The molecule has 6 nitrogen and oxygen atoms in total. The largest absolute Gasteiger partial charge is 0.355 e. The Morgan fingerprint density at radius 3 is 1.36 bits per heavy atom. The smallest absolute Gasteiger partial charge is 0.334 e. The van der Waals surface area contributed by atoms with Crippen LogP contribution in [0.15, 0.2) is 200 Å². The molecule has 4 aliphatic heterocycles. The van der Waals surface area contributed by atoms with E-state index in [-0.39, 0.29) is 61.1 Å². The van der Waals surface area contributed by atoms with Crippen LogP contribution in [0.5, 0.6) is 0 Å². The van der Waals surface area contributed by atoms with E-state index in [4.69, 9.17) is 0 Å². The number of fused-ring (bicyclic) bond motifs is 13. The predicted octanol–water partition coefficient (Wildman–Crippen LogP) is 34.0. The average molecular weight is 2080 g/mol. The Balaban J connectivity index is 0.000000167. The number of thiophene rings is 2. The van der Waals surface area contributed by atoms with Crippen LogP contribution in [0.2, 0.25) is 0 Å². The summed E-state index contributed by atoms with van der Waals surface area (Å²) in [4.78, 5) is 19.2. The second-order valence-electron chi connectivity index (χ2n) is 45.4. The number of hydrogen-bond acceptors (Lipinski definition) is 8. The lowest BCUT2D eigenvalue weighted by Crippen LogP contribution is -2.61. The minimum atomic E-state index is -0.0574. The molecule has 12 aromatic rings. The van der Waals surface area contributed by atoms with Gasteiger partial charge in [-0.3, -0.25) is 0 Å². The molecular formula is C116H135B2I3N6S2. The monoisotopic (exact) mass is 2080 g/mol. The minimum Gasteiger partial charge on any atom is -0.334 e. The predicted molar refractivity (Wildman–Crippen MR) is 591 cm³/mol. The van der Waals surface area contributed by atoms with Crippen LogP contribution in [-0.2, 0) is 43.3 Å². The number of para-hydroxylation sites is 2. The molecular weight excluding hydrogens is 1940 g/mol. The molecule has 6 heterocycles. The normalized spacial score (nSPS) is 21.4. The van der Waals surface area contributed by atoms with Crippen LogP contribution in [-0.4, -0.2) is 18.1 Å². The highest BCUT2D eigenvalue weighted by Gasteiger charge is 2.61. The standard InChI is InChI=1S/C58H66BN3S.C58H69N3S.BI3/c1-35-28-37(3)50(38(4)29-35)61-45-32-42-44(62(41-20-16-14-17-21-41)58(13)27-19-15-18-26-57(42,58)12)33-43(45)59-49-46(30-36(2)31-47(49)61)60(40-24-22-39(23-25-40)54(5,6)7)51-48-52(63-53(51)59)56(10,11)34-55(48,8)9;1-38-30-40(3)52(41(4)31-38)60(45-26-27-49-48(35-45)57(12)28-18-15-19-29-58(57,13)61(49)44-20-16-14-17-21-44)47-33-39(2)32-46(34-47)59(43-24-22-42(23-25-43)54(5,6)7)50-36-62-53-51(50)55(8,9)37-56(53,10)11;2-1(3)4/h14,16-17,20-25,28-33H,15,18-19,26-27,34H2,1-13H3;14,16-17,20-27,30-36H,15,18-19,28-29,37H2,1-13H3;. The van der Waals surface area contributed by atoms with E-state index in [0.29, 0.717) is 0 Å². The Hall–Kier alpha value is -7.28. The van der Waals surface area contributed by atoms with Crippen molar-refractivity contribution in [1.82, 2.24) is 0 Å².